The summed E-state index contributed by atoms with van der Waals surface area (Å²) in [5.41, 5.74) is 0.330. The Balaban J connectivity index is 0.000000214. The number of hydrogen-bond donors (Lipinski definition) is 3. The predicted octanol–water partition coefficient (Wildman–Crippen LogP) is 6.99. The standard InChI is InChI=1S/C31H34F2N4O5.C16H15FN2O3/c32-22-6-8-23(9-7-22)42-28-5-3-4-27(35-28)37-13-10-20(18-37)31(39)34-25(19-36-11-1-2-12-36)29(38)21-16-24(33)30-26(17-21)40-14-15-41-30;17-12-4-6-13(7-5-12)22-15-3-1-2-14(18-15)19-9-8-11(10-19)16(20)21/h3-9,16-17,20,25,29,38H,1-2,10-15,18-19H2,(H,34,39);1-7,11H,8-10H2,(H,20,21)/t20-,25-,29-;11-/m11/s1. The number of carbonyl (C=O) groups is 2. The Labute approximate surface area is 368 Å². The number of halogens is 3. The number of nitrogens with one attached hydrogen (secondary N) is 1. The van der Waals surface area contributed by atoms with Crippen molar-refractivity contribution in [3.05, 3.63) is 120 Å². The first-order valence-corrected chi connectivity index (χ1v) is 21.4. The van der Waals surface area contributed by atoms with Crippen LogP contribution in [0.1, 0.15) is 37.4 Å². The van der Waals surface area contributed by atoms with Crippen molar-refractivity contribution in [1.29, 1.82) is 0 Å². The zero-order chi connectivity index (χ0) is 44.6. The topological polar surface area (TPSA) is 159 Å². The van der Waals surface area contributed by atoms with Crippen LogP contribution in [0.15, 0.2) is 97.1 Å². The summed E-state index contributed by atoms with van der Waals surface area (Å²) >= 11 is 0. The van der Waals surface area contributed by atoms with Gasteiger partial charge in [-0.2, -0.15) is 9.97 Å². The number of benzene rings is 3. The highest BCUT2D eigenvalue weighted by atomic mass is 19.1. The van der Waals surface area contributed by atoms with Gasteiger partial charge in [-0.05, 0) is 117 Å². The average molecular weight is 883 g/mol. The maximum atomic E-state index is 14.8. The van der Waals surface area contributed by atoms with Gasteiger partial charge in [-0.15, -0.1) is 0 Å². The molecule has 0 aliphatic carbocycles. The molecule has 2 aromatic heterocycles. The molecule has 3 aromatic carbocycles. The molecule has 4 aliphatic rings. The van der Waals surface area contributed by atoms with Crippen LogP contribution in [0.2, 0.25) is 0 Å². The molecule has 0 unspecified atom stereocenters. The van der Waals surface area contributed by atoms with E-state index in [0.29, 0.717) is 92.6 Å². The van der Waals surface area contributed by atoms with Crippen LogP contribution in [-0.2, 0) is 9.59 Å². The second-order valence-corrected chi connectivity index (χ2v) is 16.1. The Morgan fingerprint density at radius 2 is 1.28 bits per heavy atom. The summed E-state index contributed by atoms with van der Waals surface area (Å²) < 4.78 is 63.2. The molecule has 3 N–H and O–H groups in total. The van der Waals surface area contributed by atoms with Crippen molar-refractivity contribution >= 4 is 23.5 Å². The van der Waals surface area contributed by atoms with E-state index in [2.05, 4.69) is 20.2 Å². The predicted molar refractivity (Wildman–Crippen MR) is 230 cm³/mol. The van der Waals surface area contributed by atoms with E-state index in [1.54, 1.807) is 24.3 Å². The summed E-state index contributed by atoms with van der Waals surface area (Å²) in [6.45, 7) is 4.95. The van der Waals surface area contributed by atoms with Gasteiger partial charge in [0.1, 0.15) is 54.1 Å². The van der Waals surface area contributed by atoms with Crippen LogP contribution < -0.4 is 34.1 Å². The zero-order valence-electron chi connectivity index (χ0n) is 35.0. The van der Waals surface area contributed by atoms with Gasteiger partial charge < -0.3 is 49.2 Å². The molecular formula is C47H49F3N6O8. The third kappa shape index (κ3) is 11.1. The van der Waals surface area contributed by atoms with Gasteiger partial charge in [0, 0.05) is 44.9 Å². The number of hydrogen-bond acceptors (Lipinski definition) is 12. The molecule has 1 amide bonds. The lowest BCUT2D eigenvalue weighted by Crippen LogP contribution is -2.48. The van der Waals surface area contributed by atoms with Gasteiger partial charge in [0.05, 0.1) is 17.9 Å². The van der Waals surface area contributed by atoms with Crippen molar-refractivity contribution < 1.29 is 51.9 Å². The minimum absolute atomic E-state index is 0.0455. The van der Waals surface area contributed by atoms with E-state index in [0.717, 1.165) is 25.9 Å². The van der Waals surface area contributed by atoms with Crippen molar-refractivity contribution in [2.24, 2.45) is 11.8 Å². The van der Waals surface area contributed by atoms with Crippen LogP contribution in [0, 0.1) is 29.3 Å². The maximum absolute atomic E-state index is 14.8. The van der Waals surface area contributed by atoms with Crippen LogP contribution in [0.4, 0.5) is 24.8 Å². The highest BCUT2D eigenvalue weighted by Gasteiger charge is 2.34. The Morgan fingerprint density at radius 3 is 1.84 bits per heavy atom. The van der Waals surface area contributed by atoms with E-state index in [1.165, 1.54) is 54.6 Å². The van der Waals surface area contributed by atoms with Crippen LogP contribution >= 0.6 is 0 Å². The first-order chi connectivity index (χ1) is 31.0. The van der Waals surface area contributed by atoms with Gasteiger partial charge in [0.25, 0.3) is 0 Å². The first-order valence-electron chi connectivity index (χ1n) is 21.4. The minimum atomic E-state index is -1.14. The highest BCUT2D eigenvalue weighted by Crippen LogP contribution is 2.37. The van der Waals surface area contributed by atoms with Gasteiger partial charge in [0.2, 0.25) is 17.7 Å². The van der Waals surface area contributed by atoms with Gasteiger partial charge in [0.15, 0.2) is 17.3 Å². The fraction of sp³-hybridized carbons (Fsp3) is 0.362. The number of anilines is 2. The lowest BCUT2D eigenvalue weighted by Gasteiger charge is -2.30. The van der Waals surface area contributed by atoms with Crippen LogP contribution in [0.3, 0.4) is 0 Å². The summed E-state index contributed by atoms with van der Waals surface area (Å²) in [7, 11) is 0. The number of carboxylic acid groups (broad SMARTS) is 1. The number of carboxylic acids is 1. The van der Waals surface area contributed by atoms with E-state index in [4.69, 9.17) is 24.1 Å². The van der Waals surface area contributed by atoms with E-state index in [-0.39, 0.29) is 47.5 Å². The third-order valence-corrected chi connectivity index (χ3v) is 11.6. The zero-order valence-corrected chi connectivity index (χ0v) is 35.0. The van der Waals surface area contributed by atoms with E-state index in [1.807, 2.05) is 28.0 Å². The van der Waals surface area contributed by atoms with Gasteiger partial charge in [-0.3, -0.25) is 9.59 Å². The van der Waals surface area contributed by atoms with Crippen molar-refractivity contribution in [3.63, 3.8) is 0 Å². The summed E-state index contributed by atoms with van der Waals surface area (Å²) in [6, 6.07) is 24.3. The molecule has 0 saturated carbocycles. The number of ether oxygens (including phenoxy) is 4. The number of pyridine rings is 2. The molecule has 14 nitrogen and oxygen atoms in total. The monoisotopic (exact) mass is 882 g/mol. The quantitative estimate of drug-likeness (QED) is 0.111. The average Bonchev–Trinajstić information content (AvgIpc) is 4.12. The molecule has 4 atom stereocenters. The molecule has 4 aliphatic heterocycles. The first kappa shape index (κ1) is 44.0. The molecule has 6 heterocycles. The van der Waals surface area contributed by atoms with Crippen LogP contribution in [0.25, 0.3) is 0 Å². The third-order valence-electron chi connectivity index (χ3n) is 11.6. The molecule has 336 valence electrons. The fourth-order valence-electron chi connectivity index (χ4n) is 8.18. The van der Waals surface area contributed by atoms with Crippen molar-refractivity contribution in [2.45, 2.75) is 37.8 Å². The Kier molecular flexibility index (Phi) is 14.0. The molecule has 9 rings (SSSR count). The number of carbonyl (C=O) groups excluding carboxylic acids is 1. The van der Waals surface area contributed by atoms with Crippen molar-refractivity contribution in [1.82, 2.24) is 20.2 Å². The Bertz CT molecular complexity index is 2390. The van der Waals surface area contributed by atoms with Crippen molar-refractivity contribution in [2.75, 3.05) is 68.8 Å². The normalized spacial score (nSPS) is 19.1. The second-order valence-electron chi connectivity index (χ2n) is 16.1. The van der Waals surface area contributed by atoms with E-state index in [9.17, 15) is 27.9 Å². The summed E-state index contributed by atoms with van der Waals surface area (Å²) in [6.07, 6.45) is 2.20. The summed E-state index contributed by atoms with van der Waals surface area (Å²) in [4.78, 5) is 39.6. The lowest BCUT2D eigenvalue weighted by molar-refractivity contribution is -0.141. The second kappa shape index (κ2) is 20.3. The van der Waals surface area contributed by atoms with Gasteiger partial charge in [-0.25, -0.2) is 13.2 Å². The van der Waals surface area contributed by atoms with E-state index < -0.39 is 23.9 Å². The molecule has 3 saturated heterocycles. The number of likely N-dealkylation sites (tertiary alicyclic amines) is 1. The molecule has 0 spiro atoms. The lowest BCUT2D eigenvalue weighted by atomic mass is 9.99. The molecular weight excluding hydrogens is 834 g/mol. The maximum Gasteiger partial charge on any atom is 0.308 e. The number of amides is 1. The van der Waals surface area contributed by atoms with Gasteiger partial charge >= 0.3 is 5.97 Å². The smallest absolute Gasteiger partial charge is 0.308 e. The molecule has 5 aromatic rings. The SMILES string of the molecule is O=C(N[C@H](CN1CCCC1)[C@H](O)c1cc(F)c2c(c1)OCCO2)[C@@H]1CCN(c2cccc(Oc3ccc(F)cc3)n2)C1.O=C(O)[C@@H]1CCN(c2cccc(Oc3ccc(F)cc3)n2)C1. The van der Waals surface area contributed by atoms with Crippen molar-refractivity contribution in [3.8, 4) is 34.8 Å². The number of aliphatic hydroxyl groups excluding tert-OH is 1. The Morgan fingerprint density at radius 1 is 0.734 bits per heavy atom. The molecule has 0 bridgehead atoms. The van der Waals surface area contributed by atoms with Crippen LogP contribution in [0.5, 0.6) is 34.8 Å². The number of aliphatic hydroxyl groups is 1. The summed E-state index contributed by atoms with van der Waals surface area (Å²) in [5, 5.41) is 23.5. The number of aromatic nitrogens is 2. The number of nitrogens with zero attached hydrogens (tertiary/aromatic N) is 5. The molecule has 3 fully saturated rings. The van der Waals surface area contributed by atoms with Crippen LogP contribution in [-0.4, -0.2) is 102 Å². The van der Waals surface area contributed by atoms with E-state index >= 15 is 0 Å². The largest absolute Gasteiger partial charge is 0.486 e. The minimum Gasteiger partial charge on any atom is -0.486 e. The number of aliphatic carboxylic acids is 1. The fourth-order valence-corrected chi connectivity index (χ4v) is 8.18. The summed E-state index contributed by atoms with van der Waals surface area (Å²) in [5.74, 6) is 0.485. The molecule has 17 heteroatoms. The highest BCUT2D eigenvalue weighted by molar-refractivity contribution is 5.80. The number of fused-ring (bicyclic) bond motifs is 1. The molecule has 64 heavy (non-hydrogen) atoms. The molecule has 0 radical (unpaired) electrons. The number of rotatable bonds is 13. The van der Waals surface area contributed by atoms with Gasteiger partial charge in [-0.1, -0.05) is 12.1 Å². The Hall–Kier alpha value is -6.59.